The number of fused-ring (bicyclic) bond motifs is 1. The summed E-state index contributed by atoms with van der Waals surface area (Å²) in [5.41, 5.74) is 1.39. The molecule has 3 aromatic rings. The minimum absolute atomic E-state index is 0.0171. The smallest absolute Gasteiger partial charge is 0.329 e. The number of carbonyl (C=O) groups excluding carboxylic acids is 1. The Bertz CT molecular complexity index is 1120. The summed E-state index contributed by atoms with van der Waals surface area (Å²) in [6.45, 7) is 0. The van der Waals surface area contributed by atoms with Gasteiger partial charge in [0, 0.05) is 0 Å². The van der Waals surface area contributed by atoms with Gasteiger partial charge in [-0.2, -0.15) is 10.5 Å². The van der Waals surface area contributed by atoms with E-state index in [0.29, 0.717) is 16.6 Å². The molecule has 0 N–H and O–H groups in total. The van der Waals surface area contributed by atoms with E-state index in [2.05, 4.69) is 14.7 Å². The summed E-state index contributed by atoms with van der Waals surface area (Å²) in [4.78, 5) is 20.7. The van der Waals surface area contributed by atoms with Gasteiger partial charge in [0.15, 0.2) is 5.92 Å². The van der Waals surface area contributed by atoms with Crippen LogP contribution in [0.4, 0.5) is 0 Å². The number of carbonyl (C=O) groups is 1. The maximum atomic E-state index is 12.0. The molecule has 0 aliphatic heterocycles. The molecule has 0 radical (unpaired) electrons. The van der Waals surface area contributed by atoms with E-state index in [4.69, 9.17) is 21.6 Å². The van der Waals surface area contributed by atoms with Crippen LogP contribution < -0.4 is 4.74 Å². The Balaban J connectivity index is 2.15. The number of rotatable bonds is 4. The van der Waals surface area contributed by atoms with Crippen LogP contribution in [0.25, 0.3) is 11.0 Å². The maximum absolute atomic E-state index is 12.0. The number of methoxy groups -OCH3 is 1. The van der Waals surface area contributed by atoms with E-state index in [0.717, 1.165) is 0 Å². The second kappa shape index (κ2) is 7.69. The fraction of sp³-hybridized carbons (Fsp3) is 0.105. The van der Waals surface area contributed by atoms with E-state index in [9.17, 15) is 10.1 Å². The zero-order valence-corrected chi connectivity index (χ0v) is 14.8. The normalized spacial score (nSPS) is 11.3. The van der Waals surface area contributed by atoms with Crippen LogP contribution in [0, 0.1) is 22.7 Å². The molecule has 0 fully saturated rings. The van der Waals surface area contributed by atoms with Crippen LogP contribution in [0.2, 0.25) is 5.02 Å². The van der Waals surface area contributed by atoms with Crippen molar-refractivity contribution in [1.29, 1.82) is 10.5 Å². The Morgan fingerprint density at radius 1 is 1.15 bits per heavy atom. The lowest BCUT2D eigenvalue weighted by atomic mass is 10.1. The summed E-state index contributed by atoms with van der Waals surface area (Å²) >= 11 is 6.15. The van der Waals surface area contributed by atoms with Crippen molar-refractivity contribution in [2.24, 2.45) is 0 Å². The molecular formula is C19H11ClN4O3. The quantitative estimate of drug-likeness (QED) is 0.636. The molecule has 2 aromatic carbocycles. The van der Waals surface area contributed by atoms with Gasteiger partial charge in [-0.15, -0.1) is 0 Å². The first-order valence-electron chi connectivity index (χ1n) is 7.69. The predicted octanol–water partition coefficient (Wildman–Crippen LogP) is 3.73. The van der Waals surface area contributed by atoms with Gasteiger partial charge in [0.25, 0.3) is 0 Å². The van der Waals surface area contributed by atoms with Crippen LogP contribution in [0.15, 0.2) is 42.5 Å². The number of aromatic nitrogens is 2. The summed E-state index contributed by atoms with van der Waals surface area (Å²) < 4.78 is 10.4. The molecule has 3 rings (SSSR count). The molecule has 1 heterocycles. The van der Waals surface area contributed by atoms with Crippen LogP contribution in [-0.2, 0) is 9.53 Å². The Morgan fingerprint density at radius 2 is 1.85 bits per heavy atom. The first-order chi connectivity index (χ1) is 13.1. The van der Waals surface area contributed by atoms with E-state index in [1.165, 1.54) is 25.3 Å². The Labute approximate surface area is 159 Å². The van der Waals surface area contributed by atoms with Crippen molar-refractivity contribution >= 4 is 28.6 Å². The lowest BCUT2D eigenvalue weighted by molar-refractivity contribution is -0.141. The zero-order chi connectivity index (χ0) is 19.4. The molecule has 132 valence electrons. The third kappa shape index (κ3) is 3.64. The van der Waals surface area contributed by atoms with Gasteiger partial charge in [-0.3, -0.25) is 4.79 Å². The van der Waals surface area contributed by atoms with Crippen LogP contribution in [-0.4, -0.2) is 23.0 Å². The van der Waals surface area contributed by atoms with E-state index in [1.807, 2.05) is 12.1 Å². The number of hydrogen-bond donors (Lipinski definition) is 0. The van der Waals surface area contributed by atoms with Crippen molar-refractivity contribution in [2.75, 3.05) is 7.11 Å². The van der Waals surface area contributed by atoms with Crippen LogP contribution >= 0.6 is 11.6 Å². The van der Waals surface area contributed by atoms with Crippen LogP contribution in [0.3, 0.4) is 0 Å². The van der Waals surface area contributed by atoms with Crippen molar-refractivity contribution in [2.45, 2.75) is 5.92 Å². The summed E-state index contributed by atoms with van der Waals surface area (Å²) in [5, 5.41) is 18.6. The molecule has 0 aliphatic rings. The Hall–Kier alpha value is -3.68. The SMILES string of the molecule is COC(=O)C(C#N)c1nc2ccccc2nc1Oc1ccc(C#N)cc1Cl. The predicted molar refractivity (Wildman–Crippen MR) is 96.1 cm³/mol. The molecule has 0 spiro atoms. The molecule has 1 unspecified atom stereocenters. The average Bonchev–Trinajstić information content (AvgIpc) is 2.69. The Morgan fingerprint density at radius 3 is 2.44 bits per heavy atom. The van der Waals surface area contributed by atoms with Crippen LogP contribution in [0.1, 0.15) is 17.2 Å². The molecule has 1 atom stereocenters. The standard InChI is InChI=1S/C19H11ClN4O3/c1-26-19(25)12(10-22)17-18(24-15-5-3-2-4-14(15)23-17)27-16-7-6-11(9-21)8-13(16)20/h2-8,12H,1H3. The molecule has 0 saturated heterocycles. The van der Waals surface area contributed by atoms with Crippen molar-refractivity contribution < 1.29 is 14.3 Å². The summed E-state index contributed by atoms with van der Waals surface area (Å²) in [6, 6.07) is 15.3. The van der Waals surface area contributed by atoms with Gasteiger partial charge in [-0.25, -0.2) is 9.97 Å². The minimum atomic E-state index is -1.32. The summed E-state index contributed by atoms with van der Waals surface area (Å²) in [5.74, 6) is -1.93. The summed E-state index contributed by atoms with van der Waals surface area (Å²) in [7, 11) is 1.18. The highest BCUT2D eigenvalue weighted by molar-refractivity contribution is 6.32. The fourth-order valence-corrected chi connectivity index (χ4v) is 2.58. The molecule has 8 heteroatoms. The topological polar surface area (TPSA) is 109 Å². The van der Waals surface area contributed by atoms with Gasteiger partial charge in [0.05, 0.1) is 40.9 Å². The van der Waals surface area contributed by atoms with Crippen molar-refractivity contribution in [3.8, 4) is 23.8 Å². The maximum Gasteiger partial charge on any atom is 0.329 e. The molecule has 0 amide bonds. The first kappa shape index (κ1) is 18.1. The first-order valence-corrected chi connectivity index (χ1v) is 8.06. The highest BCUT2D eigenvalue weighted by Crippen LogP contribution is 2.34. The number of hydrogen-bond acceptors (Lipinski definition) is 7. The largest absolute Gasteiger partial charge is 0.468 e. The Kier molecular flexibility index (Phi) is 5.16. The van der Waals surface area contributed by atoms with E-state index < -0.39 is 11.9 Å². The second-order valence-corrected chi connectivity index (χ2v) is 5.75. The number of para-hydroxylation sites is 2. The second-order valence-electron chi connectivity index (χ2n) is 5.35. The van der Waals surface area contributed by atoms with Crippen molar-refractivity contribution in [3.63, 3.8) is 0 Å². The highest BCUT2D eigenvalue weighted by Gasteiger charge is 2.28. The van der Waals surface area contributed by atoms with Gasteiger partial charge < -0.3 is 9.47 Å². The number of nitriles is 2. The molecule has 7 nitrogen and oxygen atoms in total. The lowest BCUT2D eigenvalue weighted by Gasteiger charge is -2.14. The zero-order valence-electron chi connectivity index (χ0n) is 14.0. The third-order valence-electron chi connectivity index (χ3n) is 3.67. The van der Waals surface area contributed by atoms with E-state index in [-0.39, 0.29) is 22.3 Å². The highest BCUT2D eigenvalue weighted by atomic mass is 35.5. The molecule has 0 saturated carbocycles. The molecule has 1 aromatic heterocycles. The van der Waals surface area contributed by atoms with Gasteiger partial charge in [-0.1, -0.05) is 23.7 Å². The number of halogens is 1. The van der Waals surface area contributed by atoms with Crippen molar-refractivity contribution in [1.82, 2.24) is 9.97 Å². The van der Waals surface area contributed by atoms with Gasteiger partial charge in [0.1, 0.15) is 11.4 Å². The number of nitrogens with zero attached hydrogens (tertiary/aromatic N) is 4. The minimum Gasteiger partial charge on any atom is -0.468 e. The van der Waals surface area contributed by atoms with E-state index >= 15 is 0 Å². The fourth-order valence-electron chi connectivity index (χ4n) is 2.36. The van der Waals surface area contributed by atoms with E-state index in [1.54, 1.807) is 24.3 Å². The lowest BCUT2D eigenvalue weighted by Crippen LogP contribution is -2.15. The van der Waals surface area contributed by atoms with Crippen molar-refractivity contribution in [3.05, 3.63) is 58.7 Å². The van der Waals surface area contributed by atoms with Gasteiger partial charge in [-0.05, 0) is 30.3 Å². The molecule has 27 heavy (non-hydrogen) atoms. The van der Waals surface area contributed by atoms with Crippen LogP contribution in [0.5, 0.6) is 11.6 Å². The van der Waals surface area contributed by atoms with Gasteiger partial charge in [0.2, 0.25) is 5.88 Å². The number of benzene rings is 2. The number of ether oxygens (including phenoxy) is 2. The average molecular weight is 379 g/mol. The third-order valence-corrected chi connectivity index (χ3v) is 3.97. The molecule has 0 aliphatic carbocycles. The monoisotopic (exact) mass is 378 g/mol. The molecular weight excluding hydrogens is 368 g/mol. The van der Waals surface area contributed by atoms with Gasteiger partial charge >= 0.3 is 5.97 Å². The summed E-state index contributed by atoms with van der Waals surface area (Å²) in [6.07, 6.45) is 0. The number of esters is 1. The molecule has 0 bridgehead atoms.